The first kappa shape index (κ1) is 21.0. The fourth-order valence-electron chi connectivity index (χ4n) is 6.37. The minimum Gasteiger partial charge on any atom is -0.462 e. The maximum atomic E-state index is 13.2. The van der Waals surface area contributed by atoms with Crippen LogP contribution in [0.1, 0.15) is 59.3 Å². The van der Waals surface area contributed by atoms with E-state index >= 15 is 0 Å². The summed E-state index contributed by atoms with van der Waals surface area (Å²) in [6.07, 6.45) is 4.43. The minimum absolute atomic E-state index is 0.0505. The Hall–Kier alpha value is -1.28. The van der Waals surface area contributed by atoms with Crippen molar-refractivity contribution < 1.29 is 37.3 Å². The van der Waals surface area contributed by atoms with E-state index in [9.17, 15) is 18.4 Å². The normalized spacial score (nSPS) is 40.1. The number of ether oxygens (including phenoxy) is 4. The van der Waals surface area contributed by atoms with Crippen molar-refractivity contribution in [2.24, 2.45) is 22.7 Å². The van der Waals surface area contributed by atoms with Crippen LogP contribution in [0.3, 0.4) is 0 Å². The molecule has 0 N–H and O–H groups in total. The monoisotopic (exact) mass is 416 g/mol. The molecule has 0 aromatic heterocycles. The summed E-state index contributed by atoms with van der Waals surface area (Å²) in [5, 5.41) is 0. The van der Waals surface area contributed by atoms with E-state index in [1.165, 1.54) is 0 Å². The number of esters is 2. The van der Waals surface area contributed by atoms with Crippen molar-refractivity contribution in [3.8, 4) is 0 Å². The highest BCUT2D eigenvalue weighted by Gasteiger charge is 2.62. The third-order valence-corrected chi connectivity index (χ3v) is 6.95. The first-order chi connectivity index (χ1) is 13.4. The maximum Gasteiger partial charge on any atom is 0.376 e. The summed E-state index contributed by atoms with van der Waals surface area (Å²) in [6, 6.07) is 0. The molecule has 8 heteroatoms. The van der Waals surface area contributed by atoms with Crippen molar-refractivity contribution in [3.05, 3.63) is 0 Å². The van der Waals surface area contributed by atoms with Crippen LogP contribution in [0.2, 0.25) is 0 Å². The van der Waals surface area contributed by atoms with Crippen LogP contribution in [0.25, 0.3) is 0 Å². The van der Waals surface area contributed by atoms with Gasteiger partial charge in [0.25, 0.3) is 0 Å². The van der Waals surface area contributed by atoms with E-state index in [0.29, 0.717) is 31.8 Å². The summed E-state index contributed by atoms with van der Waals surface area (Å²) >= 11 is 0. The fraction of sp³-hybridized carbons (Fsp3) is 0.905. The molecule has 4 bridgehead atoms. The molecule has 0 amide bonds. The molecule has 0 aromatic carbocycles. The second-order valence-electron chi connectivity index (χ2n) is 10.3. The van der Waals surface area contributed by atoms with Gasteiger partial charge in [0.05, 0.1) is 18.6 Å². The first-order valence-corrected chi connectivity index (χ1v) is 10.4. The van der Waals surface area contributed by atoms with Crippen LogP contribution in [0.5, 0.6) is 0 Å². The Labute approximate surface area is 169 Å². The first-order valence-electron chi connectivity index (χ1n) is 10.4. The van der Waals surface area contributed by atoms with Gasteiger partial charge in [-0.05, 0) is 64.2 Å². The van der Waals surface area contributed by atoms with Crippen LogP contribution >= 0.6 is 0 Å². The minimum atomic E-state index is -3.50. The van der Waals surface area contributed by atoms with Crippen molar-refractivity contribution >= 4 is 11.9 Å². The number of carbonyl (C=O) groups is 2. The lowest BCUT2D eigenvalue weighted by Gasteiger charge is -2.60. The SMILES string of the molecule is CC1(C)OCC(COC(=O)C23CC4CC(CC(COC(=O)C(C)(F)F)(C4)C2)C3)O1. The zero-order valence-corrected chi connectivity index (χ0v) is 17.3. The summed E-state index contributed by atoms with van der Waals surface area (Å²) in [5.41, 5.74) is -1.01. The van der Waals surface area contributed by atoms with Crippen LogP contribution in [0.4, 0.5) is 8.78 Å². The van der Waals surface area contributed by atoms with Gasteiger partial charge in [-0.2, -0.15) is 8.78 Å². The summed E-state index contributed by atoms with van der Waals surface area (Å²) in [7, 11) is 0. The van der Waals surface area contributed by atoms with Gasteiger partial charge in [-0.25, -0.2) is 4.79 Å². The van der Waals surface area contributed by atoms with E-state index in [1.54, 1.807) is 0 Å². The molecule has 5 aliphatic rings. The summed E-state index contributed by atoms with van der Waals surface area (Å²) in [5.74, 6) is -5.23. The van der Waals surface area contributed by atoms with Crippen molar-refractivity contribution in [1.29, 1.82) is 0 Å². The summed E-state index contributed by atoms with van der Waals surface area (Å²) in [4.78, 5) is 24.7. The van der Waals surface area contributed by atoms with E-state index in [1.807, 2.05) is 13.8 Å². The lowest BCUT2D eigenvalue weighted by atomic mass is 9.44. The third-order valence-electron chi connectivity index (χ3n) is 6.95. The van der Waals surface area contributed by atoms with Gasteiger partial charge in [0.2, 0.25) is 0 Å². The maximum absolute atomic E-state index is 13.2. The molecule has 1 saturated heterocycles. The second-order valence-corrected chi connectivity index (χ2v) is 10.3. The van der Waals surface area contributed by atoms with Crippen molar-refractivity contribution in [1.82, 2.24) is 0 Å². The Morgan fingerprint density at radius 3 is 2.31 bits per heavy atom. The lowest BCUT2D eigenvalue weighted by Crippen LogP contribution is -2.57. The highest BCUT2D eigenvalue weighted by atomic mass is 19.3. The van der Waals surface area contributed by atoms with Crippen LogP contribution < -0.4 is 0 Å². The number of halogens is 2. The van der Waals surface area contributed by atoms with Crippen molar-refractivity contribution in [2.45, 2.75) is 77.1 Å². The Morgan fingerprint density at radius 2 is 1.76 bits per heavy atom. The molecule has 1 heterocycles. The van der Waals surface area contributed by atoms with E-state index in [0.717, 1.165) is 32.1 Å². The molecule has 29 heavy (non-hydrogen) atoms. The van der Waals surface area contributed by atoms with Crippen molar-refractivity contribution in [2.75, 3.05) is 19.8 Å². The van der Waals surface area contributed by atoms with Crippen molar-refractivity contribution in [3.63, 3.8) is 0 Å². The zero-order chi connectivity index (χ0) is 21.1. The van der Waals surface area contributed by atoms with Gasteiger partial charge in [-0.15, -0.1) is 0 Å². The molecule has 0 spiro atoms. The average Bonchev–Trinajstić information content (AvgIpc) is 2.94. The number of alkyl halides is 2. The predicted octanol–water partition coefficient (Wildman–Crippen LogP) is 3.47. The quantitative estimate of drug-likeness (QED) is 0.618. The smallest absolute Gasteiger partial charge is 0.376 e. The number of rotatable bonds is 6. The topological polar surface area (TPSA) is 71.1 Å². The molecule has 4 saturated carbocycles. The number of hydrogen-bond acceptors (Lipinski definition) is 6. The average molecular weight is 416 g/mol. The molecule has 4 aliphatic carbocycles. The van der Waals surface area contributed by atoms with Gasteiger partial charge in [-0.1, -0.05) is 0 Å². The molecule has 164 valence electrons. The van der Waals surface area contributed by atoms with Crippen LogP contribution in [0, 0.1) is 22.7 Å². The standard InChI is InChI=1S/C21H30F2O6/c1-18(2)28-10-15(29-18)9-26-17(25)21-7-13-4-14(8-21)6-20(5-13,11-21)12-27-16(24)19(3,22)23/h13-15H,4-12H2,1-3H3. The molecule has 5 rings (SSSR count). The van der Waals surface area contributed by atoms with Gasteiger partial charge in [0, 0.05) is 12.3 Å². The van der Waals surface area contributed by atoms with E-state index < -0.39 is 28.5 Å². The van der Waals surface area contributed by atoms with Gasteiger partial charge >= 0.3 is 17.9 Å². The van der Waals surface area contributed by atoms with Gasteiger partial charge in [0.15, 0.2) is 5.79 Å². The predicted molar refractivity (Wildman–Crippen MR) is 97.0 cm³/mol. The van der Waals surface area contributed by atoms with E-state index in [2.05, 4.69) is 0 Å². The largest absolute Gasteiger partial charge is 0.462 e. The third kappa shape index (κ3) is 4.15. The molecular formula is C21H30F2O6. The van der Waals surface area contributed by atoms with Gasteiger partial charge < -0.3 is 18.9 Å². The highest BCUT2D eigenvalue weighted by molar-refractivity contribution is 5.78. The van der Waals surface area contributed by atoms with Gasteiger partial charge in [0.1, 0.15) is 12.7 Å². The molecule has 0 radical (unpaired) electrons. The molecule has 6 nitrogen and oxygen atoms in total. The summed E-state index contributed by atoms with van der Waals surface area (Å²) in [6.45, 7) is 4.65. The Balaban J connectivity index is 1.41. The van der Waals surface area contributed by atoms with Gasteiger partial charge in [-0.3, -0.25) is 4.79 Å². The van der Waals surface area contributed by atoms with Crippen LogP contribution in [-0.2, 0) is 28.5 Å². The van der Waals surface area contributed by atoms with E-state index in [-0.39, 0.29) is 25.3 Å². The number of hydrogen-bond donors (Lipinski definition) is 0. The molecule has 0 aromatic rings. The van der Waals surface area contributed by atoms with Crippen LogP contribution in [-0.4, -0.2) is 49.6 Å². The molecule has 3 unspecified atom stereocenters. The van der Waals surface area contributed by atoms with Crippen LogP contribution in [0.15, 0.2) is 0 Å². The fourth-order valence-corrected chi connectivity index (χ4v) is 6.37. The van der Waals surface area contributed by atoms with E-state index in [4.69, 9.17) is 18.9 Å². The molecule has 1 aliphatic heterocycles. The number of carbonyl (C=O) groups excluding carboxylic acids is 2. The summed E-state index contributed by atoms with van der Waals surface area (Å²) < 4.78 is 48.3. The zero-order valence-electron chi connectivity index (χ0n) is 17.3. The lowest BCUT2D eigenvalue weighted by molar-refractivity contribution is -0.198. The Morgan fingerprint density at radius 1 is 1.10 bits per heavy atom. The molecular weight excluding hydrogens is 386 g/mol. The molecule has 3 atom stereocenters. The Kier molecular flexibility index (Phi) is 4.97. The second kappa shape index (κ2) is 6.87. The highest BCUT2D eigenvalue weighted by Crippen LogP contribution is 2.65. The molecule has 5 fully saturated rings. The Bertz CT molecular complexity index is 671.